The number of halogens is 2. The zero-order chi connectivity index (χ0) is 20.1. The van der Waals surface area contributed by atoms with E-state index in [0.29, 0.717) is 23.7 Å². The highest BCUT2D eigenvalue weighted by molar-refractivity contribution is 14.1. The Bertz CT molecular complexity index is 1060. The fourth-order valence-corrected chi connectivity index (χ4v) is 3.60. The van der Waals surface area contributed by atoms with Crippen LogP contribution in [0.15, 0.2) is 63.0 Å². The molecule has 0 saturated carbocycles. The van der Waals surface area contributed by atoms with Gasteiger partial charge in [0.15, 0.2) is 17.3 Å². The van der Waals surface area contributed by atoms with Gasteiger partial charge in [0.2, 0.25) is 0 Å². The Balaban J connectivity index is 1.73. The summed E-state index contributed by atoms with van der Waals surface area (Å²) in [7, 11) is 1.56. The highest BCUT2D eigenvalue weighted by Crippen LogP contribution is 2.33. The second-order valence-electron chi connectivity index (χ2n) is 5.63. The van der Waals surface area contributed by atoms with Gasteiger partial charge in [0, 0.05) is 9.86 Å². The number of nitrogens with one attached hydrogen (secondary N) is 1. The summed E-state index contributed by atoms with van der Waals surface area (Å²) < 4.78 is 18.3. The summed E-state index contributed by atoms with van der Waals surface area (Å²) >= 11 is 5.54. The van der Waals surface area contributed by atoms with Gasteiger partial charge >= 0.3 is 5.91 Å². The van der Waals surface area contributed by atoms with Crippen LogP contribution in [0.4, 0.5) is 0 Å². The smallest absolute Gasteiger partial charge is 0.307 e. The highest BCUT2D eigenvalue weighted by atomic mass is 127. The molecule has 3 aromatic rings. The summed E-state index contributed by atoms with van der Waals surface area (Å²) in [5.74, 6) is 0.962. The predicted molar refractivity (Wildman–Crippen MR) is 120 cm³/mol. The van der Waals surface area contributed by atoms with Gasteiger partial charge in [-0.1, -0.05) is 28.6 Å². The molecule has 2 aromatic carbocycles. The Kier molecular flexibility index (Phi) is 6.74. The molecule has 0 radical (unpaired) electrons. The minimum absolute atomic E-state index is 0.186. The van der Waals surface area contributed by atoms with Crippen molar-refractivity contribution in [2.24, 2.45) is 5.10 Å². The number of rotatable bonds is 7. The Morgan fingerprint density at radius 1 is 1.36 bits per heavy atom. The van der Waals surface area contributed by atoms with Gasteiger partial charge in [-0.05, 0) is 64.6 Å². The molecule has 0 bridgehead atoms. The first-order valence-corrected chi connectivity index (χ1v) is 10.0. The first-order chi connectivity index (χ1) is 13.5. The van der Waals surface area contributed by atoms with Crippen LogP contribution in [-0.2, 0) is 0 Å². The molecular formula is C20H16BrIN2O4. The van der Waals surface area contributed by atoms with E-state index in [-0.39, 0.29) is 5.76 Å². The number of carbonyl (C=O) groups excluding carboxylic acids is 1. The average molecular weight is 555 g/mol. The number of hydrazone groups is 1. The van der Waals surface area contributed by atoms with Crippen LogP contribution in [0.1, 0.15) is 16.1 Å². The largest absolute Gasteiger partial charge is 0.493 e. The monoisotopic (exact) mass is 554 g/mol. The van der Waals surface area contributed by atoms with Crippen LogP contribution in [0.3, 0.4) is 0 Å². The van der Waals surface area contributed by atoms with Crippen molar-refractivity contribution < 1.29 is 18.7 Å². The molecule has 1 N–H and O–H groups in total. The van der Waals surface area contributed by atoms with Crippen molar-refractivity contribution in [3.8, 4) is 11.5 Å². The summed E-state index contributed by atoms with van der Waals surface area (Å²) in [6, 6.07) is 10.8. The summed E-state index contributed by atoms with van der Waals surface area (Å²) in [6.45, 7) is 4.02. The third kappa shape index (κ3) is 4.74. The van der Waals surface area contributed by atoms with E-state index in [0.717, 1.165) is 19.0 Å². The third-order valence-electron chi connectivity index (χ3n) is 3.68. The average Bonchev–Trinajstić information content (AvgIpc) is 3.10. The molecule has 0 unspecified atom stereocenters. The normalized spacial score (nSPS) is 11.0. The SMILES string of the molecule is C=CCOc1c(I)cc(/C=N\NC(=O)c2cc3cc(Br)ccc3o2)cc1OC. The maximum Gasteiger partial charge on any atom is 0.307 e. The van der Waals surface area contributed by atoms with E-state index in [1.54, 1.807) is 31.4 Å². The van der Waals surface area contributed by atoms with E-state index in [9.17, 15) is 4.79 Å². The molecule has 0 aliphatic heterocycles. The number of fused-ring (bicyclic) bond motifs is 1. The van der Waals surface area contributed by atoms with Crippen molar-refractivity contribution >= 4 is 61.6 Å². The number of hydrogen-bond acceptors (Lipinski definition) is 5. The zero-order valence-corrected chi connectivity index (χ0v) is 18.6. The molecule has 0 fully saturated rings. The number of methoxy groups -OCH3 is 1. The molecule has 1 heterocycles. The first kappa shape index (κ1) is 20.4. The van der Waals surface area contributed by atoms with E-state index in [1.807, 2.05) is 18.2 Å². The van der Waals surface area contributed by atoms with E-state index in [1.165, 1.54) is 6.21 Å². The van der Waals surface area contributed by atoms with Crippen molar-refractivity contribution in [3.63, 3.8) is 0 Å². The van der Waals surface area contributed by atoms with Gasteiger partial charge in [-0.15, -0.1) is 0 Å². The second-order valence-corrected chi connectivity index (χ2v) is 7.70. The number of furan rings is 1. The van der Waals surface area contributed by atoms with Gasteiger partial charge in [-0.25, -0.2) is 5.43 Å². The van der Waals surface area contributed by atoms with Crippen LogP contribution >= 0.6 is 38.5 Å². The lowest BCUT2D eigenvalue weighted by Gasteiger charge is -2.12. The molecule has 6 nitrogen and oxygen atoms in total. The topological polar surface area (TPSA) is 73.1 Å². The van der Waals surface area contributed by atoms with Gasteiger partial charge in [-0.2, -0.15) is 5.10 Å². The molecule has 0 spiro atoms. The van der Waals surface area contributed by atoms with E-state index in [2.05, 4.69) is 55.6 Å². The van der Waals surface area contributed by atoms with E-state index >= 15 is 0 Å². The minimum atomic E-state index is -0.434. The van der Waals surface area contributed by atoms with Crippen molar-refractivity contribution in [1.29, 1.82) is 0 Å². The van der Waals surface area contributed by atoms with E-state index in [4.69, 9.17) is 13.9 Å². The molecule has 0 atom stereocenters. The molecule has 3 rings (SSSR count). The molecule has 0 saturated heterocycles. The highest BCUT2D eigenvalue weighted by Gasteiger charge is 2.13. The lowest BCUT2D eigenvalue weighted by Crippen LogP contribution is -2.16. The fourth-order valence-electron chi connectivity index (χ4n) is 2.44. The van der Waals surface area contributed by atoms with E-state index < -0.39 is 5.91 Å². The fraction of sp³-hybridized carbons (Fsp3) is 0.100. The summed E-state index contributed by atoms with van der Waals surface area (Å²) in [4.78, 5) is 12.3. The molecule has 1 aromatic heterocycles. The maximum absolute atomic E-state index is 12.3. The summed E-state index contributed by atoms with van der Waals surface area (Å²) in [5.41, 5.74) is 3.85. The second kappa shape index (κ2) is 9.24. The minimum Gasteiger partial charge on any atom is -0.493 e. The van der Waals surface area contributed by atoms with Gasteiger partial charge in [0.1, 0.15) is 12.2 Å². The number of amides is 1. The van der Waals surface area contributed by atoms with Crippen LogP contribution in [0.2, 0.25) is 0 Å². The molecule has 144 valence electrons. The standard InChI is InChI=1S/C20H16BrIN2O4/c1-3-6-27-19-15(22)7-12(8-17(19)26-2)11-23-24-20(25)18-10-13-9-14(21)4-5-16(13)28-18/h3-5,7-11H,1,6H2,2H3,(H,24,25)/b23-11-. The molecule has 1 amide bonds. The van der Waals surface area contributed by atoms with Crippen molar-refractivity contribution in [2.75, 3.05) is 13.7 Å². The van der Waals surface area contributed by atoms with Crippen LogP contribution in [0.5, 0.6) is 11.5 Å². The molecule has 0 aliphatic rings. The summed E-state index contributed by atoms with van der Waals surface area (Å²) in [6.07, 6.45) is 3.19. The predicted octanol–water partition coefficient (Wildman–Crippen LogP) is 5.14. The Hall–Kier alpha value is -2.33. The zero-order valence-electron chi connectivity index (χ0n) is 14.9. The molecule has 0 aliphatic carbocycles. The van der Waals surface area contributed by atoms with Crippen LogP contribution < -0.4 is 14.9 Å². The van der Waals surface area contributed by atoms with Crippen LogP contribution in [0.25, 0.3) is 11.0 Å². The van der Waals surface area contributed by atoms with Gasteiger partial charge in [-0.3, -0.25) is 4.79 Å². The van der Waals surface area contributed by atoms with Crippen molar-refractivity contribution in [2.45, 2.75) is 0 Å². The first-order valence-electron chi connectivity index (χ1n) is 8.15. The van der Waals surface area contributed by atoms with Gasteiger partial charge in [0.05, 0.1) is 16.9 Å². The van der Waals surface area contributed by atoms with Crippen LogP contribution in [0, 0.1) is 3.57 Å². The lowest BCUT2D eigenvalue weighted by molar-refractivity contribution is 0.0929. The molecule has 28 heavy (non-hydrogen) atoms. The Morgan fingerprint density at radius 3 is 2.93 bits per heavy atom. The molecule has 8 heteroatoms. The third-order valence-corrected chi connectivity index (χ3v) is 4.97. The number of nitrogens with zero attached hydrogens (tertiary/aromatic N) is 1. The quantitative estimate of drug-likeness (QED) is 0.190. The maximum atomic E-state index is 12.3. The Labute approximate surface area is 183 Å². The Morgan fingerprint density at radius 2 is 2.18 bits per heavy atom. The number of hydrogen-bond donors (Lipinski definition) is 1. The number of ether oxygens (including phenoxy) is 2. The number of benzene rings is 2. The van der Waals surface area contributed by atoms with Crippen molar-refractivity contribution in [1.82, 2.24) is 5.43 Å². The molecular weight excluding hydrogens is 539 g/mol. The number of carbonyl (C=O) groups is 1. The van der Waals surface area contributed by atoms with Gasteiger partial charge in [0.25, 0.3) is 0 Å². The van der Waals surface area contributed by atoms with Gasteiger partial charge < -0.3 is 13.9 Å². The lowest BCUT2D eigenvalue weighted by atomic mass is 10.2. The summed E-state index contributed by atoms with van der Waals surface area (Å²) in [5, 5.41) is 4.84. The van der Waals surface area contributed by atoms with Crippen molar-refractivity contribution in [3.05, 3.63) is 68.4 Å². The van der Waals surface area contributed by atoms with Crippen LogP contribution in [-0.4, -0.2) is 25.8 Å².